The van der Waals surface area contributed by atoms with E-state index in [0.717, 1.165) is 19.3 Å². The maximum absolute atomic E-state index is 12.3. The van der Waals surface area contributed by atoms with Crippen molar-refractivity contribution < 1.29 is 19.7 Å². The lowest BCUT2D eigenvalue weighted by molar-refractivity contribution is -0.370. The Bertz CT molecular complexity index is 471. The number of nitrogens with one attached hydrogen (secondary N) is 1. The maximum atomic E-state index is 12.3. The van der Waals surface area contributed by atoms with Gasteiger partial charge in [-0.3, -0.25) is 4.79 Å². The van der Waals surface area contributed by atoms with Crippen molar-refractivity contribution in [3.63, 3.8) is 0 Å². The minimum absolute atomic E-state index is 0.0772. The van der Waals surface area contributed by atoms with Gasteiger partial charge in [-0.15, -0.1) is 11.6 Å². The van der Waals surface area contributed by atoms with Crippen molar-refractivity contribution >= 4 is 17.5 Å². The number of aliphatic hydroxyl groups excluding tert-OH is 2. The molecule has 2 aliphatic heterocycles. The van der Waals surface area contributed by atoms with Crippen LogP contribution in [0.2, 0.25) is 0 Å². The minimum Gasteiger partial charge on any atom is -0.390 e. The van der Waals surface area contributed by atoms with Crippen LogP contribution in [0.25, 0.3) is 0 Å². The van der Waals surface area contributed by atoms with Crippen LogP contribution in [0.4, 0.5) is 0 Å². The molecule has 1 unspecified atom stereocenters. The van der Waals surface area contributed by atoms with E-state index in [4.69, 9.17) is 16.3 Å². The zero-order valence-electron chi connectivity index (χ0n) is 12.1. The van der Waals surface area contributed by atoms with Crippen molar-refractivity contribution in [1.82, 2.24) is 5.32 Å². The van der Waals surface area contributed by atoms with Crippen LogP contribution < -0.4 is 5.32 Å². The highest BCUT2D eigenvalue weighted by Crippen LogP contribution is 2.55. The number of carbonyl (C=O) groups excluding carboxylic acids is 1. The van der Waals surface area contributed by atoms with Gasteiger partial charge in [-0.1, -0.05) is 12.2 Å². The number of hydrogen-bond acceptors (Lipinski definition) is 4. The van der Waals surface area contributed by atoms with Gasteiger partial charge in [-0.05, 0) is 32.6 Å². The molecule has 118 valence electrons. The highest BCUT2D eigenvalue weighted by atomic mass is 35.5. The molecule has 0 bridgehead atoms. The third-order valence-corrected chi connectivity index (χ3v) is 5.66. The van der Waals surface area contributed by atoms with E-state index in [1.807, 2.05) is 12.2 Å². The molecule has 6 heteroatoms. The fourth-order valence-electron chi connectivity index (χ4n) is 4.18. The van der Waals surface area contributed by atoms with Crippen LogP contribution in [0.1, 0.15) is 32.6 Å². The molecule has 0 saturated carbocycles. The third kappa shape index (κ3) is 1.91. The van der Waals surface area contributed by atoms with Gasteiger partial charge >= 0.3 is 0 Å². The molecule has 0 radical (unpaired) electrons. The van der Waals surface area contributed by atoms with Gasteiger partial charge in [0.15, 0.2) is 6.29 Å². The molecular formula is C15H22ClNO4. The Kier molecular flexibility index (Phi) is 3.81. The number of aliphatic hydroxyl groups is 2. The normalized spacial score (nSPS) is 46.7. The van der Waals surface area contributed by atoms with E-state index in [1.165, 1.54) is 0 Å². The first-order valence-corrected chi connectivity index (χ1v) is 8.09. The first kappa shape index (κ1) is 15.3. The monoisotopic (exact) mass is 315 g/mol. The molecule has 0 aromatic carbocycles. The van der Waals surface area contributed by atoms with Gasteiger partial charge in [-0.25, -0.2) is 0 Å². The first-order valence-electron chi connectivity index (χ1n) is 7.56. The van der Waals surface area contributed by atoms with Gasteiger partial charge in [-0.2, -0.15) is 0 Å². The molecular weight excluding hydrogens is 294 g/mol. The van der Waals surface area contributed by atoms with Crippen LogP contribution in [-0.4, -0.2) is 45.5 Å². The molecule has 6 atom stereocenters. The highest BCUT2D eigenvalue weighted by molar-refractivity contribution is 6.18. The Labute approximate surface area is 129 Å². The van der Waals surface area contributed by atoms with Crippen LogP contribution in [-0.2, 0) is 9.53 Å². The van der Waals surface area contributed by atoms with E-state index in [-0.39, 0.29) is 11.8 Å². The Morgan fingerprint density at radius 2 is 2.38 bits per heavy atom. The number of alkyl halides is 1. The van der Waals surface area contributed by atoms with E-state index < -0.39 is 29.5 Å². The molecule has 0 aromatic rings. The summed E-state index contributed by atoms with van der Waals surface area (Å²) < 4.78 is 5.53. The van der Waals surface area contributed by atoms with Gasteiger partial charge in [0.1, 0.15) is 11.1 Å². The summed E-state index contributed by atoms with van der Waals surface area (Å²) in [5, 5.41) is 23.9. The predicted molar refractivity (Wildman–Crippen MR) is 77.7 cm³/mol. The van der Waals surface area contributed by atoms with Crippen molar-refractivity contribution in [2.24, 2.45) is 11.8 Å². The smallest absolute Gasteiger partial charge is 0.226 e. The molecule has 2 saturated heterocycles. The van der Waals surface area contributed by atoms with E-state index in [0.29, 0.717) is 12.3 Å². The molecule has 0 spiro atoms. The van der Waals surface area contributed by atoms with Crippen molar-refractivity contribution in [2.45, 2.75) is 56.1 Å². The number of hydrogen-bond donors (Lipinski definition) is 3. The average Bonchev–Trinajstić information content (AvgIpc) is 2.65. The summed E-state index contributed by atoms with van der Waals surface area (Å²) in [6, 6.07) is 0. The van der Waals surface area contributed by atoms with Gasteiger partial charge < -0.3 is 20.3 Å². The number of ether oxygens (including phenoxy) is 1. The predicted octanol–water partition coefficient (Wildman–Crippen LogP) is 0.925. The number of amides is 1. The second-order valence-electron chi connectivity index (χ2n) is 6.43. The number of fused-ring (bicyclic) bond motifs is 1. The molecule has 3 aliphatic rings. The van der Waals surface area contributed by atoms with E-state index in [1.54, 1.807) is 6.92 Å². The van der Waals surface area contributed by atoms with Crippen LogP contribution >= 0.6 is 11.6 Å². The fraction of sp³-hybridized carbons (Fsp3) is 0.800. The molecule has 0 aromatic heterocycles. The third-order valence-electron chi connectivity index (χ3n) is 5.44. The number of rotatable bonds is 4. The Balaban J connectivity index is 1.92. The summed E-state index contributed by atoms with van der Waals surface area (Å²) in [5.74, 6) is -0.385. The Morgan fingerprint density at radius 3 is 2.95 bits per heavy atom. The van der Waals surface area contributed by atoms with E-state index >= 15 is 0 Å². The van der Waals surface area contributed by atoms with Crippen molar-refractivity contribution in [3.8, 4) is 0 Å². The number of halogens is 1. The van der Waals surface area contributed by atoms with E-state index in [9.17, 15) is 15.0 Å². The molecule has 2 heterocycles. The van der Waals surface area contributed by atoms with Crippen LogP contribution in [0, 0.1) is 11.8 Å². The van der Waals surface area contributed by atoms with Gasteiger partial charge in [0.25, 0.3) is 0 Å². The van der Waals surface area contributed by atoms with Gasteiger partial charge in [0.2, 0.25) is 5.91 Å². The molecule has 1 amide bonds. The maximum Gasteiger partial charge on any atom is 0.226 e. The lowest BCUT2D eigenvalue weighted by atomic mass is 9.64. The number of carbonyl (C=O) groups is 1. The lowest BCUT2D eigenvalue weighted by Crippen LogP contribution is -2.81. The van der Waals surface area contributed by atoms with Crippen LogP contribution in [0.3, 0.4) is 0 Å². The summed E-state index contributed by atoms with van der Waals surface area (Å²) in [5.41, 5.74) is -2.05. The van der Waals surface area contributed by atoms with E-state index in [2.05, 4.69) is 5.32 Å². The average molecular weight is 316 g/mol. The molecule has 21 heavy (non-hydrogen) atoms. The quantitative estimate of drug-likeness (QED) is 0.532. The summed E-state index contributed by atoms with van der Waals surface area (Å²) in [6.07, 6.45) is 5.29. The molecule has 2 fully saturated rings. The zero-order valence-corrected chi connectivity index (χ0v) is 12.8. The second kappa shape index (κ2) is 5.23. The lowest BCUT2D eigenvalue weighted by Gasteiger charge is -2.60. The second-order valence-corrected chi connectivity index (χ2v) is 6.81. The van der Waals surface area contributed by atoms with Gasteiger partial charge in [0.05, 0.1) is 12.0 Å². The van der Waals surface area contributed by atoms with Crippen molar-refractivity contribution in [2.75, 3.05) is 5.88 Å². The van der Waals surface area contributed by atoms with Crippen molar-refractivity contribution in [3.05, 3.63) is 12.2 Å². The summed E-state index contributed by atoms with van der Waals surface area (Å²) in [4.78, 5) is 12.3. The molecule has 5 nitrogen and oxygen atoms in total. The van der Waals surface area contributed by atoms with Crippen molar-refractivity contribution in [1.29, 1.82) is 0 Å². The zero-order chi connectivity index (χ0) is 15.3. The molecule has 3 rings (SSSR count). The standard InChI is InChI=1S/C15H22ClNO4/c1-14-10(7-8-16)12(19)17-15(14,13(20)21-14)11(18)9-5-3-2-4-6-9/h3,5,9-11,13,18,20H,2,4,6-8H2,1H3,(H,17,19)/t9-,10+,11+,13?,14+,15+/m1/s1. The van der Waals surface area contributed by atoms with Gasteiger partial charge in [0, 0.05) is 11.8 Å². The summed E-state index contributed by atoms with van der Waals surface area (Å²) >= 11 is 5.78. The summed E-state index contributed by atoms with van der Waals surface area (Å²) in [7, 11) is 0. The fourth-order valence-corrected chi connectivity index (χ4v) is 4.39. The Morgan fingerprint density at radius 1 is 1.62 bits per heavy atom. The highest BCUT2D eigenvalue weighted by Gasteiger charge is 2.77. The number of allylic oxidation sites excluding steroid dienone is 1. The SMILES string of the molecule is C[C@@]12OC(O)[C@]1([C@@H](O)[C@@H]1C=CCCC1)NC(=O)[C@@H]2CCCl. The van der Waals surface area contributed by atoms with Crippen LogP contribution in [0.15, 0.2) is 12.2 Å². The molecule has 1 aliphatic carbocycles. The molecule has 3 N–H and O–H groups in total. The minimum atomic E-state index is -1.18. The summed E-state index contributed by atoms with van der Waals surface area (Å²) in [6.45, 7) is 1.78. The topological polar surface area (TPSA) is 78.8 Å². The largest absolute Gasteiger partial charge is 0.390 e. The Hall–Kier alpha value is -0.620. The van der Waals surface area contributed by atoms with Crippen LogP contribution in [0.5, 0.6) is 0 Å². The first-order chi connectivity index (χ1) is 9.97.